The van der Waals surface area contributed by atoms with Crippen LogP contribution >= 0.6 is 0 Å². The van der Waals surface area contributed by atoms with Gasteiger partial charge >= 0.3 is 6.18 Å². The van der Waals surface area contributed by atoms with Crippen LogP contribution in [-0.2, 0) is 6.18 Å². The number of alkyl halides is 3. The monoisotopic (exact) mass is 308 g/mol. The Labute approximate surface area is 125 Å². The number of nitrogens with zero attached hydrogens (tertiary/aromatic N) is 2. The molecule has 0 bridgehead atoms. The number of halogens is 3. The molecular formula is C15H15F3N4. The van der Waals surface area contributed by atoms with Gasteiger partial charge < -0.3 is 10.6 Å². The summed E-state index contributed by atoms with van der Waals surface area (Å²) in [5, 5.41) is 5.92. The average Bonchev–Trinajstić information content (AvgIpc) is 3.31. The molecule has 1 aliphatic carbocycles. The van der Waals surface area contributed by atoms with Crippen LogP contribution in [0.1, 0.15) is 30.0 Å². The van der Waals surface area contributed by atoms with Gasteiger partial charge in [-0.3, -0.25) is 0 Å². The molecule has 2 aromatic rings. The number of aromatic nitrogens is 2. The summed E-state index contributed by atoms with van der Waals surface area (Å²) in [6.45, 7) is 0. The summed E-state index contributed by atoms with van der Waals surface area (Å²) in [6.07, 6.45) is -2.11. The largest absolute Gasteiger partial charge is 0.416 e. The number of nitrogens with one attached hydrogen (secondary N) is 2. The Hall–Kier alpha value is -2.31. The molecule has 1 aliphatic rings. The second kappa shape index (κ2) is 5.47. The Kier molecular flexibility index (Phi) is 3.64. The van der Waals surface area contributed by atoms with Gasteiger partial charge in [0.25, 0.3) is 0 Å². The molecule has 1 aromatic heterocycles. The quantitative estimate of drug-likeness (QED) is 0.890. The molecule has 2 N–H and O–H groups in total. The minimum absolute atomic E-state index is 0.461. The van der Waals surface area contributed by atoms with Crippen LogP contribution in [0.15, 0.2) is 30.3 Å². The lowest BCUT2D eigenvalue weighted by Gasteiger charge is -2.11. The van der Waals surface area contributed by atoms with Crippen LogP contribution in [-0.4, -0.2) is 17.0 Å². The zero-order chi connectivity index (χ0) is 15.7. The highest BCUT2D eigenvalue weighted by molar-refractivity contribution is 5.58. The third-order valence-electron chi connectivity index (χ3n) is 3.45. The van der Waals surface area contributed by atoms with Crippen molar-refractivity contribution in [3.05, 3.63) is 41.6 Å². The lowest BCUT2D eigenvalue weighted by Crippen LogP contribution is -2.05. The SMILES string of the molecule is CNc1nc(Nc2ccc(C(F)(F)F)cc2)cc(C2CC2)n1. The number of hydrogen-bond acceptors (Lipinski definition) is 4. The highest BCUT2D eigenvalue weighted by Crippen LogP contribution is 2.40. The van der Waals surface area contributed by atoms with E-state index in [1.807, 2.05) is 6.07 Å². The van der Waals surface area contributed by atoms with Crippen LogP contribution in [0.2, 0.25) is 0 Å². The van der Waals surface area contributed by atoms with Crippen molar-refractivity contribution in [2.45, 2.75) is 24.9 Å². The minimum atomic E-state index is -4.33. The summed E-state index contributed by atoms with van der Waals surface area (Å²) in [6, 6.07) is 6.71. The summed E-state index contributed by atoms with van der Waals surface area (Å²) in [7, 11) is 1.73. The van der Waals surface area contributed by atoms with Crippen LogP contribution in [0.4, 0.5) is 30.6 Å². The minimum Gasteiger partial charge on any atom is -0.357 e. The van der Waals surface area contributed by atoms with E-state index < -0.39 is 11.7 Å². The Morgan fingerprint density at radius 3 is 2.32 bits per heavy atom. The first-order valence-corrected chi connectivity index (χ1v) is 6.97. The lowest BCUT2D eigenvalue weighted by atomic mass is 10.2. The van der Waals surface area contributed by atoms with Crippen molar-refractivity contribution >= 4 is 17.5 Å². The van der Waals surface area contributed by atoms with Gasteiger partial charge in [0.05, 0.1) is 11.3 Å². The van der Waals surface area contributed by atoms with Gasteiger partial charge in [0.15, 0.2) is 0 Å². The number of hydrogen-bond donors (Lipinski definition) is 2. The van der Waals surface area contributed by atoms with Crippen LogP contribution in [0.3, 0.4) is 0 Å². The Morgan fingerprint density at radius 2 is 1.77 bits per heavy atom. The predicted octanol–water partition coefficient (Wildman–Crippen LogP) is 4.16. The maximum absolute atomic E-state index is 12.5. The van der Waals surface area contributed by atoms with E-state index in [1.54, 1.807) is 7.05 Å². The smallest absolute Gasteiger partial charge is 0.357 e. The number of rotatable bonds is 4. The molecule has 1 heterocycles. The molecule has 0 saturated heterocycles. The Balaban J connectivity index is 1.81. The molecule has 22 heavy (non-hydrogen) atoms. The van der Waals surface area contributed by atoms with Crippen LogP contribution < -0.4 is 10.6 Å². The zero-order valence-electron chi connectivity index (χ0n) is 11.9. The van der Waals surface area contributed by atoms with E-state index in [1.165, 1.54) is 12.1 Å². The molecule has 0 amide bonds. The van der Waals surface area contributed by atoms with Gasteiger partial charge in [-0.05, 0) is 37.1 Å². The second-order valence-corrected chi connectivity index (χ2v) is 5.23. The number of anilines is 3. The van der Waals surface area contributed by atoms with Crippen LogP contribution in [0, 0.1) is 0 Å². The molecule has 7 heteroatoms. The molecule has 0 spiro atoms. The lowest BCUT2D eigenvalue weighted by molar-refractivity contribution is -0.137. The van der Waals surface area contributed by atoms with Crippen molar-refractivity contribution in [3.63, 3.8) is 0 Å². The third kappa shape index (κ3) is 3.29. The number of benzene rings is 1. The topological polar surface area (TPSA) is 49.8 Å². The molecule has 116 valence electrons. The fourth-order valence-corrected chi connectivity index (χ4v) is 2.12. The van der Waals surface area contributed by atoms with Crippen molar-refractivity contribution in [1.82, 2.24) is 9.97 Å². The molecule has 0 aliphatic heterocycles. The molecule has 0 radical (unpaired) electrons. The third-order valence-corrected chi connectivity index (χ3v) is 3.45. The average molecular weight is 308 g/mol. The van der Waals surface area contributed by atoms with Crippen molar-refractivity contribution < 1.29 is 13.2 Å². The second-order valence-electron chi connectivity index (χ2n) is 5.23. The summed E-state index contributed by atoms with van der Waals surface area (Å²) >= 11 is 0. The summed E-state index contributed by atoms with van der Waals surface area (Å²) in [5.41, 5.74) is 0.833. The Morgan fingerprint density at radius 1 is 1.09 bits per heavy atom. The van der Waals surface area contributed by atoms with E-state index >= 15 is 0 Å². The van der Waals surface area contributed by atoms with E-state index in [2.05, 4.69) is 20.6 Å². The van der Waals surface area contributed by atoms with Crippen molar-refractivity contribution in [2.75, 3.05) is 17.7 Å². The molecule has 3 rings (SSSR count). The van der Waals surface area contributed by atoms with Crippen molar-refractivity contribution in [3.8, 4) is 0 Å². The van der Waals surface area contributed by atoms with E-state index in [-0.39, 0.29) is 0 Å². The zero-order valence-corrected chi connectivity index (χ0v) is 11.9. The highest BCUT2D eigenvalue weighted by atomic mass is 19.4. The van der Waals surface area contributed by atoms with Gasteiger partial charge in [0, 0.05) is 24.7 Å². The van der Waals surface area contributed by atoms with Gasteiger partial charge in [0.1, 0.15) is 5.82 Å². The maximum Gasteiger partial charge on any atom is 0.416 e. The molecule has 0 unspecified atom stereocenters. The highest BCUT2D eigenvalue weighted by Gasteiger charge is 2.30. The molecular weight excluding hydrogens is 293 g/mol. The van der Waals surface area contributed by atoms with E-state index in [9.17, 15) is 13.2 Å². The van der Waals surface area contributed by atoms with Gasteiger partial charge in [-0.2, -0.15) is 18.2 Å². The maximum atomic E-state index is 12.5. The predicted molar refractivity (Wildman–Crippen MR) is 78.3 cm³/mol. The fourth-order valence-electron chi connectivity index (χ4n) is 2.12. The normalized spacial score (nSPS) is 14.7. The van der Waals surface area contributed by atoms with Gasteiger partial charge in [-0.1, -0.05) is 0 Å². The van der Waals surface area contributed by atoms with Crippen molar-refractivity contribution in [2.24, 2.45) is 0 Å². The van der Waals surface area contributed by atoms with E-state index in [4.69, 9.17) is 0 Å². The summed E-state index contributed by atoms with van der Waals surface area (Å²) < 4.78 is 37.6. The van der Waals surface area contributed by atoms with Gasteiger partial charge in [-0.25, -0.2) is 4.98 Å². The van der Waals surface area contributed by atoms with Gasteiger partial charge in [-0.15, -0.1) is 0 Å². The first-order chi connectivity index (χ1) is 10.5. The van der Waals surface area contributed by atoms with E-state index in [0.717, 1.165) is 30.7 Å². The summed E-state index contributed by atoms with van der Waals surface area (Å²) in [4.78, 5) is 8.66. The van der Waals surface area contributed by atoms with Crippen LogP contribution in [0.5, 0.6) is 0 Å². The van der Waals surface area contributed by atoms with Gasteiger partial charge in [0.2, 0.25) is 5.95 Å². The van der Waals surface area contributed by atoms with Crippen LogP contribution in [0.25, 0.3) is 0 Å². The standard InChI is InChI=1S/C15H15F3N4/c1-19-14-21-12(9-2-3-9)8-13(22-14)20-11-6-4-10(5-7-11)15(16,17)18/h4-9H,2-3H2,1H3,(H2,19,20,21,22). The molecule has 1 aromatic carbocycles. The fraction of sp³-hybridized carbons (Fsp3) is 0.333. The molecule has 4 nitrogen and oxygen atoms in total. The molecule has 1 saturated carbocycles. The molecule has 0 atom stereocenters. The first kappa shape index (κ1) is 14.6. The molecule has 1 fully saturated rings. The first-order valence-electron chi connectivity index (χ1n) is 6.97. The summed E-state index contributed by atoms with van der Waals surface area (Å²) in [5.74, 6) is 1.53. The van der Waals surface area contributed by atoms with E-state index in [0.29, 0.717) is 23.4 Å². The Bertz CT molecular complexity index is 663. The van der Waals surface area contributed by atoms with Crippen molar-refractivity contribution in [1.29, 1.82) is 0 Å².